The lowest BCUT2D eigenvalue weighted by molar-refractivity contribution is 0.442. The Morgan fingerprint density at radius 2 is 1.71 bits per heavy atom. The van der Waals surface area contributed by atoms with Gasteiger partial charge in [-0.25, -0.2) is 13.2 Å². The Morgan fingerprint density at radius 3 is 2.19 bits per heavy atom. The lowest BCUT2D eigenvalue weighted by Gasteiger charge is -2.19. The van der Waals surface area contributed by atoms with Gasteiger partial charge in [0.05, 0.1) is 6.04 Å². The molecular formula is C16H18F3NS. The highest BCUT2D eigenvalue weighted by molar-refractivity contribution is 7.12. The lowest BCUT2D eigenvalue weighted by atomic mass is 10.0. The summed E-state index contributed by atoms with van der Waals surface area (Å²) in [6, 6.07) is 3.85. The van der Waals surface area contributed by atoms with Crippen molar-refractivity contribution in [1.82, 2.24) is 5.32 Å². The molecule has 0 aliphatic carbocycles. The van der Waals surface area contributed by atoms with Crippen LogP contribution in [0.1, 0.15) is 40.3 Å². The van der Waals surface area contributed by atoms with Crippen molar-refractivity contribution in [3.05, 3.63) is 56.5 Å². The number of halogens is 3. The molecule has 5 heteroatoms. The summed E-state index contributed by atoms with van der Waals surface area (Å²) in [5.74, 6) is -3.73. The third-order valence-corrected chi connectivity index (χ3v) is 4.50. The molecule has 2 rings (SSSR count). The average Bonchev–Trinajstić information content (AvgIpc) is 2.75. The Balaban J connectivity index is 2.47. The summed E-state index contributed by atoms with van der Waals surface area (Å²) in [5, 5.41) is 3.28. The molecule has 0 fully saturated rings. The maximum absolute atomic E-state index is 13.5. The molecule has 21 heavy (non-hydrogen) atoms. The Bertz CT molecular complexity index is 613. The standard InChI is InChI=1S/C16H18F3NS/c1-4-5-20-15(16-9(2)6-10(3)21-16)11-7-12(17)14(19)13(18)8-11/h6-8,15,20H,4-5H2,1-3H3. The van der Waals surface area contributed by atoms with E-state index < -0.39 is 17.5 Å². The number of aryl methyl sites for hydroxylation is 2. The van der Waals surface area contributed by atoms with E-state index in [1.807, 2.05) is 26.8 Å². The Morgan fingerprint density at radius 1 is 1.10 bits per heavy atom. The highest BCUT2D eigenvalue weighted by Gasteiger charge is 2.21. The van der Waals surface area contributed by atoms with Crippen LogP contribution in [0, 0.1) is 31.3 Å². The van der Waals surface area contributed by atoms with E-state index in [1.54, 1.807) is 11.3 Å². The molecule has 0 aliphatic rings. The molecule has 2 aromatic rings. The maximum atomic E-state index is 13.5. The van der Waals surface area contributed by atoms with Crippen molar-refractivity contribution in [3.8, 4) is 0 Å². The van der Waals surface area contributed by atoms with Gasteiger partial charge in [0.15, 0.2) is 17.5 Å². The van der Waals surface area contributed by atoms with Crippen molar-refractivity contribution in [2.45, 2.75) is 33.2 Å². The van der Waals surface area contributed by atoms with Gasteiger partial charge in [0.1, 0.15) is 0 Å². The van der Waals surface area contributed by atoms with E-state index in [0.29, 0.717) is 12.1 Å². The molecule has 1 atom stereocenters. The normalized spacial score (nSPS) is 12.7. The van der Waals surface area contributed by atoms with Crippen LogP contribution < -0.4 is 5.32 Å². The molecule has 0 radical (unpaired) electrons. The molecule has 0 aliphatic heterocycles. The van der Waals surface area contributed by atoms with E-state index in [4.69, 9.17) is 0 Å². The highest BCUT2D eigenvalue weighted by atomic mass is 32.1. The van der Waals surface area contributed by atoms with Crippen molar-refractivity contribution < 1.29 is 13.2 Å². The number of nitrogens with one attached hydrogen (secondary N) is 1. The van der Waals surface area contributed by atoms with E-state index in [1.165, 1.54) is 0 Å². The van der Waals surface area contributed by atoms with Gasteiger partial charge in [-0.15, -0.1) is 11.3 Å². The van der Waals surface area contributed by atoms with Crippen molar-refractivity contribution >= 4 is 11.3 Å². The Hall–Kier alpha value is -1.33. The average molecular weight is 313 g/mol. The quantitative estimate of drug-likeness (QED) is 0.776. The van der Waals surface area contributed by atoms with Gasteiger partial charge < -0.3 is 5.32 Å². The minimum atomic E-state index is -1.42. The molecule has 1 unspecified atom stereocenters. The fourth-order valence-corrected chi connectivity index (χ4v) is 3.48. The fraction of sp³-hybridized carbons (Fsp3) is 0.375. The fourth-order valence-electron chi connectivity index (χ4n) is 2.34. The lowest BCUT2D eigenvalue weighted by Crippen LogP contribution is -2.23. The first-order valence-electron chi connectivity index (χ1n) is 6.88. The summed E-state index contributed by atoms with van der Waals surface area (Å²) in [7, 11) is 0. The van der Waals surface area contributed by atoms with Crippen LogP contribution in [-0.4, -0.2) is 6.54 Å². The third kappa shape index (κ3) is 3.47. The van der Waals surface area contributed by atoms with E-state index >= 15 is 0 Å². The molecular weight excluding hydrogens is 295 g/mol. The molecule has 0 spiro atoms. The van der Waals surface area contributed by atoms with E-state index in [9.17, 15) is 13.2 Å². The van der Waals surface area contributed by atoms with E-state index in [0.717, 1.165) is 33.9 Å². The van der Waals surface area contributed by atoms with Crippen LogP contribution in [-0.2, 0) is 0 Å². The smallest absolute Gasteiger partial charge is 0.194 e. The van der Waals surface area contributed by atoms with Gasteiger partial charge in [-0.1, -0.05) is 6.92 Å². The van der Waals surface area contributed by atoms with Crippen LogP contribution in [0.4, 0.5) is 13.2 Å². The second kappa shape index (κ2) is 6.62. The van der Waals surface area contributed by atoms with Crippen molar-refractivity contribution in [3.63, 3.8) is 0 Å². The summed E-state index contributed by atoms with van der Waals surface area (Å²) in [6.45, 7) is 6.68. The second-order valence-corrected chi connectivity index (χ2v) is 6.38. The van der Waals surface area contributed by atoms with Crippen LogP contribution in [0.3, 0.4) is 0 Å². The van der Waals surface area contributed by atoms with Gasteiger partial charge in [0, 0.05) is 9.75 Å². The predicted octanol–water partition coefficient (Wildman–Crippen LogP) is 4.87. The van der Waals surface area contributed by atoms with Gasteiger partial charge in [-0.3, -0.25) is 0 Å². The molecule has 0 bridgehead atoms. The molecule has 1 aromatic carbocycles. The summed E-state index contributed by atoms with van der Waals surface area (Å²) >= 11 is 1.58. The first-order valence-corrected chi connectivity index (χ1v) is 7.70. The number of hydrogen-bond donors (Lipinski definition) is 1. The Labute approximate surface area is 126 Å². The number of thiophene rings is 1. The summed E-state index contributed by atoms with van der Waals surface area (Å²) in [5.41, 5.74) is 1.47. The van der Waals surface area contributed by atoms with Gasteiger partial charge in [0.2, 0.25) is 0 Å². The van der Waals surface area contributed by atoms with Crippen LogP contribution >= 0.6 is 11.3 Å². The topological polar surface area (TPSA) is 12.0 Å². The summed E-state index contributed by atoms with van der Waals surface area (Å²) in [6.07, 6.45) is 0.895. The first-order chi connectivity index (χ1) is 9.93. The predicted molar refractivity (Wildman–Crippen MR) is 80.2 cm³/mol. The molecule has 1 N–H and O–H groups in total. The monoisotopic (exact) mass is 313 g/mol. The SMILES string of the molecule is CCCNC(c1cc(F)c(F)c(F)c1)c1sc(C)cc1C. The van der Waals surface area contributed by atoms with Crippen LogP contribution in [0.15, 0.2) is 18.2 Å². The van der Waals surface area contributed by atoms with Gasteiger partial charge in [-0.05, 0) is 56.1 Å². The van der Waals surface area contributed by atoms with Crippen LogP contribution in [0.2, 0.25) is 0 Å². The van der Waals surface area contributed by atoms with Crippen LogP contribution in [0.5, 0.6) is 0 Å². The van der Waals surface area contributed by atoms with Crippen molar-refractivity contribution in [2.75, 3.05) is 6.54 Å². The highest BCUT2D eigenvalue weighted by Crippen LogP contribution is 2.33. The van der Waals surface area contributed by atoms with Gasteiger partial charge >= 0.3 is 0 Å². The zero-order valence-corrected chi connectivity index (χ0v) is 13.1. The molecule has 0 saturated carbocycles. The molecule has 1 aromatic heterocycles. The van der Waals surface area contributed by atoms with Crippen molar-refractivity contribution in [1.29, 1.82) is 0 Å². The minimum absolute atomic E-state index is 0.326. The first kappa shape index (κ1) is 16.0. The van der Waals surface area contributed by atoms with Gasteiger partial charge in [-0.2, -0.15) is 0 Å². The summed E-state index contributed by atoms with van der Waals surface area (Å²) < 4.78 is 40.2. The number of benzene rings is 1. The number of rotatable bonds is 5. The molecule has 0 saturated heterocycles. The number of hydrogen-bond acceptors (Lipinski definition) is 2. The minimum Gasteiger partial charge on any atom is -0.306 e. The molecule has 1 heterocycles. The molecule has 1 nitrogen and oxygen atoms in total. The van der Waals surface area contributed by atoms with E-state index in [-0.39, 0.29) is 6.04 Å². The van der Waals surface area contributed by atoms with E-state index in [2.05, 4.69) is 5.32 Å². The maximum Gasteiger partial charge on any atom is 0.194 e. The zero-order chi connectivity index (χ0) is 15.6. The van der Waals surface area contributed by atoms with Crippen molar-refractivity contribution in [2.24, 2.45) is 0 Å². The second-order valence-electron chi connectivity index (χ2n) is 5.09. The van der Waals surface area contributed by atoms with Crippen LogP contribution in [0.25, 0.3) is 0 Å². The molecule has 0 amide bonds. The largest absolute Gasteiger partial charge is 0.306 e. The molecule has 114 valence electrons. The zero-order valence-electron chi connectivity index (χ0n) is 12.3. The van der Waals surface area contributed by atoms with Gasteiger partial charge in [0.25, 0.3) is 0 Å². The summed E-state index contributed by atoms with van der Waals surface area (Å²) in [4.78, 5) is 2.14. The third-order valence-electron chi connectivity index (χ3n) is 3.28. The Kier molecular flexibility index (Phi) is 5.06.